The number of nitrogens with zero attached hydrogens (tertiary/aromatic N) is 1. The summed E-state index contributed by atoms with van der Waals surface area (Å²) in [4.78, 5) is 16.2. The minimum atomic E-state index is -0.147. The standard InChI is InChI=1S/C16H22N2O2/c1-12(16(2,3)4)18-15(20)14-9-13(10-17-11-14)7-5-6-8-19/h9-12,19H,6,8H2,1-4H3,(H,18,20). The number of hydrogen-bond acceptors (Lipinski definition) is 3. The molecule has 0 aliphatic carbocycles. The second-order valence-corrected chi connectivity index (χ2v) is 5.80. The van der Waals surface area contributed by atoms with Crippen LogP contribution in [0.5, 0.6) is 0 Å². The van der Waals surface area contributed by atoms with Crippen LogP contribution in [0.25, 0.3) is 0 Å². The third-order valence-corrected chi connectivity index (χ3v) is 3.12. The molecule has 0 saturated carbocycles. The van der Waals surface area contributed by atoms with Crippen LogP contribution in [0, 0.1) is 17.3 Å². The first-order valence-corrected chi connectivity index (χ1v) is 6.70. The van der Waals surface area contributed by atoms with Crippen molar-refractivity contribution in [3.63, 3.8) is 0 Å². The molecule has 1 aromatic rings. The lowest BCUT2D eigenvalue weighted by Gasteiger charge is -2.28. The summed E-state index contributed by atoms with van der Waals surface area (Å²) in [5, 5.41) is 11.6. The third-order valence-electron chi connectivity index (χ3n) is 3.12. The van der Waals surface area contributed by atoms with Gasteiger partial charge in [-0.2, -0.15) is 0 Å². The van der Waals surface area contributed by atoms with Crippen molar-refractivity contribution in [3.05, 3.63) is 29.6 Å². The average molecular weight is 274 g/mol. The van der Waals surface area contributed by atoms with Crippen LogP contribution in [0.4, 0.5) is 0 Å². The average Bonchev–Trinajstić information content (AvgIpc) is 2.38. The van der Waals surface area contributed by atoms with Crippen LogP contribution in [0.15, 0.2) is 18.5 Å². The molecule has 0 fully saturated rings. The Balaban J connectivity index is 2.80. The van der Waals surface area contributed by atoms with E-state index in [4.69, 9.17) is 5.11 Å². The highest BCUT2D eigenvalue weighted by Crippen LogP contribution is 2.18. The molecule has 4 nitrogen and oxygen atoms in total. The molecule has 108 valence electrons. The van der Waals surface area contributed by atoms with Crippen molar-refractivity contribution in [3.8, 4) is 11.8 Å². The highest BCUT2D eigenvalue weighted by Gasteiger charge is 2.22. The molecule has 20 heavy (non-hydrogen) atoms. The topological polar surface area (TPSA) is 62.2 Å². The highest BCUT2D eigenvalue weighted by atomic mass is 16.2. The summed E-state index contributed by atoms with van der Waals surface area (Å²) in [6.07, 6.45) is 3.55. The number of carbonyl (C=O) groups is 1. The number of aliphatic hydroxyl groups excluding tert-OH is 1. The van der Waals surface area contributed by atoms with E-state index in [1.165, 1.54) is 6.20 Å². The van der Waals surface area contributed by atoms with E-state index in [1.54, 1.807) is 12.3 Å². The van der Waals surface area contributed by atoms with Gasteiger partial charge in [0.25, 0.3) is 5.91 Å². The van der Waals surface area contributed by atoms with Gasteiger partial charge in [-0.15, -0.1) is 0 Å². The van der Waals surface area contributed by atoms with Gasteiger partial charge in [0.05, 0.1) is 12.2 Å². The van der Waals surface area contributed by atoms with E-state index in [0.717, 1.165) is 0 Å². The smallest absolute Gasteiger partial charge is 0.253 e. The molecular formula is C16H22N2O2. The monoisotopic (exact) mass is 274 g/mol. The zero-order valence-corrected chi connectivity index (χ0v) is 12.5. The summed E-state index contributed by atoms with van der Waals surface area (Å²) in [6.45, 7) is 8.24. The van der Waals surface area contributed by atoms with Crippen molar-refractivity contribution in [2.45, 2.75) is 40.2 Å². The van der Waals surface area contributed by atoms with Crippen LogP contribution < -0.4 is 5.32 Å². The predicted molar refractivity (Wildman–Crippen MR) is 79.2 cm³/mol. The molecule has 0 radical (unpaired) electrons. The Hall–Kier alpha value is -1.86. The van der Waals surface area contributed by atoms with Crippen LogP contribution in [-0.2, 0) is 0 Å². The van der Waals surface area contributed by atoms with Gasteiger partial charge in [0.2, 0.25) is 0 Å². The molecule has 1 heterocycles. The Morgan fingerprint density at radius 3 is 2.75 bits per heavy atom. The maximum atomic E-state index is 12.1. The molecule has 0 aliphatic heterocycles. The normalized spacial score (nSPS) is 12.2. The highest BCUT2D eigenvalue weighted by molar-refractivity contribution is 5.94. The molecule has 1 atom stereocenters. The predicted octanol–water partition coefficient (Wildman–Crippen LogP) is 1.98. The van der Waals surface area contributed by atoms with E-state index in [2.05, 4.69) is 42.9 Å². The van der Waals surface area contributed by atoms with E-state index in [1.807, 2.05) is 6.92 Å². The van der Waals surface area contributed by atoms with Gasteiger partial charge < -0.3 is 10.4 Å². The van der Waals surface area contributed by atoms with Gasteiger partial charge in [-0.05, 0) is 18.4 Å². The molecule has 0 saturated heterocycles. The fourth-order valence-electron chi connectivity index (χ4n) is 1.35. The number of aliphatic hydroxyl groups is 1. The minimum Gasteiger partial charge on any atom is -0.395 e. The van der Waals surface area contributed by atoms with Crippen LogP contribution in [0.3, 0.4) is 0 Å². The maximum absolute atomic E-state index is 12.1. The Bertz CT molecular complexity index is 521. The van der Waals surface area contributed by atoms with E-state index in [9.17, 15) is 4.79 Å². The van der Waals surface area contributed by atoms with Crippen LogP contribution in [-0.4, -0.2) is 28.6 Å². The van der Waals surface area contributed by atoms with Gasteiger partial charge in [0.1, 0.15) is 0 Å². The van der Waals surface area contributed by atoms with Gasteiger partial charge in [0, 0.05) is 30.4 Å². The van der Waals surface area contributed by atoms with Gasteiger partial charge in [-0.3, -0.25) is 9.78 Å². The molecule has 0 aliphatic rings. The van der Waals surface area contributed by atoms with Crippen molar-refractivity contribution in [2.75, 3.05) is 6.61 Å². The minimum absolute atomic E-state index is 0.00162. The number of hydrogen-bond donors (Lipinski definition) is 2. The first-order chi connectivity index (χ1) is 9.34. The van der Waals surface area contributed by atoms with Gasteiger partial charge in [0.15, 0.2) is 0 Å². The number of rotatable bonds is 3. The first kappa shape index (κ1) is 16.2. The lowest BCUT2D eigenvalue weighted by atomic mass is 9.88. The Labute approximate surface area is 120 Å². The van der Waals surface area contributed by atoms with E-state index in [-0.39, 0.29) is 24.0 Å². The van der Waals surface area contributed by atoms with Gasteiger partial charge in [-0.25, -0.2) is 0 Å². The van der Waals surface area contributed by atoms with Crippen molar-refractivity contribution < 1.29 is 9.90 Å². The third kappa shape index (κ3) is 5.02. The number of aromatic nitrogens is 1. The summed E-state index contributed by atoms with van der Waals surface area (Å²) in [5.41, 5.74) is 1.17. The summed E-state index contributed by atoms with van der Waals surface area (Å²) in [6, 6.07) is 1.77. The van der Waals surface area contributed by atoms with Gasteiger partial charge >= 0.3 is 0 Å². The quantitative estimate of drug-likeness (QED) is 0.828. The largest absolute Gasteiger partial charge is 0.395 e. The van der Waals surface area contributed by atoms with Gasteiger partial charge in [-0.1, -0.05) is 32.6 Å². The van der Waals surface area contributed by atoms with E-state index < -0.39 is 0 Å². The Morgan fingerprint density at radius 1 is 1.45 bits per heavy atom. The first-order valence-electron chi connectivity index (χ1n) is 6.70. The number of amides is 1. The lowest BCUT2D eigenvalue weighted by molar-refractivity contribution is 0.0909. The Kier molecular flexibility index (Phi) is 5.72. The summed E-state index contributed by atoms with van der Waals surface area (Å²) < 4.78 is 0. The van der Waals surface area contributed by atoms with Crippen LogP contribution in [0.1, 0.15) is 50.0 Å². The summed E-state index contributed by atoms with van der Waals surface area (Å²) in [7, 11) is 0. The molecular weight excluding hydrogens is 252 g/mol. The number of nitrogens with one attached hydrogen (secondary N) is 1. The van der Waals surface area contributed by atoms with E-state index in [0.29, 0.717) is 17.5 Å². The SMILES string of the molecule is CC(NC(=O)c1cncc(C#CCCO)c1)C(C)(C)C. The fraction of sp³-hybridized carbons (Fsp3) is 0.500. The maximum Gasteiger partial charge on any atom is 0.253 e. The number of carbonyl (C=O) groups excluding carboxylic acids is 1. The second-order valence-electron chi connectivity index (χ2n) is 5.80. The molecule has 4 heteroatoms. The summed E-state index contributed by atoms with van der Waals surface area (Å²) in [5.74, 6) is 5.54. The second kappa shape index (κ2) is 7.06. The molecule has 1 rings (SSSR count). The lowest BCUT2D eigenvalue weighted by Crippen LogP contribution is -2.41. The molecule has 2 N–H and O–H groups in total. The van der Waals surface area contributed by atoms with Crippen LogP contribution in [0.2, 0.25) is 0 Å². The fourth-order valence-corrected chi connectivity index (χ4v) is 1.35. The van der Waals surface area contributed by atoms with Crippen molar-refractivity contribution in [2.24, 2.45) is 5.41 Å². The number of pyridine rings is 1. The molecule has 0 bridgehead atoms. The molecule has 1 unspecified atom stereocenters. The van der Waals surface area contributed by atoms with Crippen molar-refractivity contribution in [1.29, 1.82) is 0 Å². The van der Waals surface area contributed by atoms with E-state index >= 15 is 0 Å². The molecule has 1 amide bonds. The zero-order chi connectivity index (χ0) is 15.2. The van der Waals surface area contributed by atoms with Crippen molar-refractivity contribution >= 4 is 5.91 Å². The zero-order valence-electron chi connectivity index (χ0n) is 12.5. The molecule has 1 aromatic heterocycles. The summed E-state index contributed by atoms with van der Waals surface area (Å²) >= 11 is 0. The molecule has 0 aromatic carbocycles. The van der Waals surface area contributed by atoms with Crippen molar-refractivity contribution in [1.82, 2.24) is 10.3 Å². The van der Waals surface area contributed by atoms with Crippen LogP contribution >= 0.6 is 0 Å². The Morgan fingerprint density at radius 2 is 2.15 bits per heavy atom. The molecule has 0 spiro atoms.